The highest BCUT2D eigenvalue weighted by Gasteiger charge is 2.23. The number of aromatic nitrogens is 2. The first-order valence-electron chi connectivity index (χ1n) is 7.47. The first-order valence-corrected chi connectivity index (χ1v) is 8.61. The van der Waals surface area contributed by atoms with E-state index in [1.165, 1.54) is 0 Å². The molecule has 120 valence electrons. The van der Waals surface area contributed by atoms with Crippen LogP contribution in [0.4, 0.5) is 0 Å². The lowest BCUT2D eigenvalue weighted by atomic mass is 10.1. The summed E-state index contributed by atoms with van der Waals surface area (Å²) in [5.74, 6) is 0. The number of hydrogen-bond donors (Lipinski definition) is 0. The maximum atomic E-state index is 6.37. The van der Waals surface area contributed by atoms with Crippen LogP contribution in [0.1, 0.15) is 20.8 Å². The van der Waals surface area contributed by atoms with Crippen molar-refractivity contribution in [2.75, 3.05) is 19.6 Å². The molecule has 0 atom stereocenters. The van der Waals surface area contributed by atoms with Gasteiger partial charge in [-0.3, -0.25) is 0 Å². The van der Waals surface area contributed by atoms with Crippen LogP contribution in [0.5, 0.6) is 0 Å². The van der Waals surface area contributed by atoms with E-state index in [0.717, 1.165) is 36.3 Å². The second-order valence-electron chi connectivity index (χ2n) is 5.45. The maximum absolute atomic E-state index is 6.37. The monoisotopic (exact) mass is 360 g/mol. The largest absolute Gasteiger partial charge is 0.306 e. The van der Waals surface area contributed by atoms with Gasteiger partial charge >= 0.3 is 0 Å². The average molecular weight is 362 g/mol. The molecule has 0 unspecified atom stereocenters. The zero-order valence-electron chi connectivity index (χ0n) is 13.1. The van der Waals surface area contributed by atoms with Crippen LogP contribution in [-0.2, 0) is 6.67 Å². The minimum atomic E-state index is 0.578. The Labute approximate surface area is 147 Å². The SMILES string of the molecule is CC[N+](CC)(CC)Cn1cc(Cl)c(-c2cc(Cl)cc(Cl)c2)n1. The maximum Gasteiger partial charge on any atom is 0.174 e. The molecule has 0 fully saturated rings. The summed E-state index contributed by atoms with van der Waals surface area (Å²) in [6, 6.07) is 5.35. The molecule has 1 aromatic carbocycles. The molecule has 0 bridgehead atoms. The first kappa shape index (κ1) is 17.6. The van der Waals surface area contributed by atoms with E-state index < -0.39 is 0 Å². The number of benzene rings is 1. The van der Waals surface area contributed by atoms with Crippen molar-refractivity contribution in [3.05, 3.63) is 39.5 Å². The lowest BCUT2D eigenvalue weighted by Gasteiger charge is -2.35. The van der Waals surface area contributed by atoms with Crippen LogP contribution in [0.3, 0.4) is 0 Å². The van der Waals surface area contributed by atoms with Crippen molar-refractivity contribution in [2.45, 2.75) is 27.4 Å². The summed E-state index contributed by atoms with van der Waals surface area (Å²) in [6.07, 6.45) is 1.87. The minimum absolute atomic E-state index is 0.578. The van der Waals surface area contributed by atoms with Gasteiger partial charge in [-0.25, -0.2) is 4.68 Å². The van der Waals surface area contributed by atoms with Crippen LogP contribution in [-0.4, -0.2) is 33.9 Å². The Morgan fingerprint density at radius 1 is 0.955 bits per heavy atom. The molecular weight excluding hydrogens is 341 g/mol. The Balaban J connectivity index is 2.36. The molecule has 0 aliphatic heterocycles. The second-order valence-corrected chi connectivity index (χ2v) is 6.74. The van der Waals surface area contributed by atoms with E-state index in [4.69, 9.17) is 34.8 Å². The third kappa shape index (κ3) is 3.77. The van der Waals surface area contributed by atoms with E-state index in [0.29, 0.717) is 20.8 Å². The van der Waals surface area contributed by atoms with E-state index in [2.05, 4.69) is 25.9 Å². The van der Waals surface area contributed by atoms with Crippen LogP contribution >= 0.6 is 34.8 Å². The molecule has 6 heteroatoms. The number of nitrogens with zero attached hydrogens (tertiary/aromatic N) is 3. The van der Waals surface area contributed by atoms with Crippen molar-refractivity contribution in [3.63, 3.8) is 0 Å². The third-order valence-electron chi connectivity index (χ3n) is 4.31. The van der Waals surface area contributed by atoms with Gasteiger partial charge in [0, 0.05) is 15.6 Å². The molecule has 2 aromatic rings. The lowest BCUT2D eigenvalue weighted by Crippen LogP contribution is -2.48. The van der Waals surface area contributed by atoms with E-state index in [-0.39, 0.29) is 0 Å². The normalized spacial score (nSPS) is 11.9. The Kier molecular flexibility index (Phi) is 5.78. The summed E-state index contributed by atoms with van der Waals surface area (Å²) >= 11 is 18.5. The summed E-state index contributed by atoms with van der Waals surface area (Å²) in [5.41, 5.74) is 1.55. The van der Waals surface area contributed by atoms with Gasteiger partial charge in [-0.15, -0.1) is 0 Å². The minimum Gasteiger partial charge on any atom is -0.306 e. The van der Waals surface area contributed by atoms with E-state index in [1.807, 2.05) is 23.0 Å². The summed E-state index contributed by atoms with van der Waals surface area (Å²) < 4.78 is 2.89. The lowest BCUT2D eigenvalue weighted by molar-refractivity contribution is -0.944. The van der Waals surface area contributed by atoms with Crippen molar-refractivity contribution in [1.29, 1.82) is 0 Å². The smallest absolute Gasteiger partial charge is 0.174 e. The molecule has 2 rings (SSSR count). The predicted molar refractivity (Wildman–Crippen MR) is 94.6 cm³/mol. The van der Waals surface area contributed by atoms with Gasteiger partial charge in [0.2, 0.25) is 0 Å². The summed E-state index contributed by atoms with van der Waals surface area (Å²) in [7, 11) is 0. The fourth-order valence-corrected chi connectivity index (χ4v) is 3.42. The molecule has 0 N–H and O–H groups in total. The van der Waals surface area contributed by atoms with Crippen molar-refractivity contribution in [3.8, 4) is 11.3 Å². The van der Waals surface area contributed by atoms with E-state index in [1.54, 1.807) is 6.07 Å². The molecule has 3 nitrogen and oxygen atoms in total. The van der Waals surface area contributed by atoms with Gasteiger partial charge in [0.05, 0.1) is 30.9 Å². The van der Waals surface area contributed by atoms with Crippen LogP contribution in [0.15, 0.2) is 24.4 Å². The fraction of sp³-hybridized carbons (Fsp3) is 0.438. The van der Waals surface area contributed by atoms with Gasteiger partial charge in [-0.2, -0.15) is 5.10 Å². The van der Waals surface area contributed by atoms with E-state index >= 15 is 0 Å². The highest BCUT2D eigenvalue weighted by Crippen LogP contribution is 2.31. The van der Waals surface area contributed by atoms with Gasteiger partial charge in [-0.05, 0) is 39.0 Å². The van der Waals surface area contributed by atoms with E-state index in [9.17, 15) is 0 Å². The average Bonchev–Trinajstić information content (AvgIpc) is 2.84. The first-order chi connectivity index (χ1) is 10.4. The molecule has 0 radical (unpaired) electrons. The highest BCUT2D eigenvalue weighted by atomic mass is 35.5. The second kappa shape index (κ2) is 7.22. The Hall–Kier alpha value is -0.740. The molecule has 0 saturated carbocycles. The molecule has 22 heavy (non-hydrogen) atoms. The topological polar surface area (TPSA) is 17.8 Å². The Bertz CT molecular complexity index is 620. The summed E-state index contributed by atoms with van der Waals surface area (Å²) in [6.45, 7) is 10.6. The zero-order valence-corrected chi connectivity index (χ0v) is 15.4. The van der Waals surface area contributed by atoms with Crippen LogP contribution < -0.4 is 0 Å². The molecule has 0 aliphatic carbocycles. The van der Waals surface area contributed by atoms with Crippen molar-refractivity contribution < 1.29 is 4.48 Å². The van der Waals surface area contributed by atoms with Crippen molar-refractivity contribution in [1.82, 2.24) is 9.78 Å². The quantitative estimate of drug-likeness (QED) is 0.635. The Morgan fingerprint density at radius 2 is 1.50 bits per heavy atom. The molecule has 0 spiro atoms. The summed E-state index contributed by atoms with van der Waals surface area (Å²) in [5, 5.41) is 6.41. The van der Waals surface area contributed by atoms with Gasteiger partial charge in [0.15, 0.2) is 6.67 Å². The van der Waals surface area contributed by atoms with Crippen molar-refractivity contribution >= 4 is 34.8 Å². The van der Waals surface area contributed by atoms with Crippen LogP contribution in [0, 0.1) is 0 Å². The van der Waals surface area contributed by atoms with Gasteiger partial charge in [0.1, 0.15) is 5.69 Å². The van der Waals surface area contributed by atoms with Gasteiger partial charge in [0.25, 0.3) is 0 Å². The number of quaternary nitrogens is 1. The number of hydrogen-bond acceptors (Lipinski definition) is 1. The van der Waals surface area contributed by atoms with Crippen LogP contribution in [0.2, 0.25) is 15.1 Å². The van der Waals surface area contributed by atoms with Gasteiger partial charge in [-0.1, -0.05) is 34.8 Å². The van der Waals surface area contributed by atoms with Gasteiger partial charge < -0.3 is 4.48 Å². The number of halogens is 3. The summed E-state index contributed by atoms with van der Waals surface area (Å²) in [4.78, 5) is 0. The third-order valence-corrected chi connectivity index (χ3v) is 5.02. The molecule has 0 amide bonds. The molecule has 0 aliphatic rings. The Morgan fingerprint density at radius 3 is 2.00 bits per heavy atom. The molecule has 1 aromatic heterocycles. The van der Waals surface area contributed by atoms with Crippen LogP contribution in [0.25, 0.3) is 11.3 Å². The fourth-order valence-electron chi connectivity index (χ4n) is 2.63. The molecule has 1 heterocycles. The van der Waals surface area contributed by atoms with Crippen molar-refractivity contribution in [2.24, 2.45) is 0 Å². The standard InChI is InChI=1S/C16H21Cl3N3/c1-4-22(5-2,6-3)11-21-10-15(19)16(20-21)12-7-13(17)9-14(18)8-12/h7-10H,4-6,11H2,1-3H3/q+1. The predicted octanol–water partition coefficient (Wildman–Crippen LogP) is 5.34. The molecular formula is C16H21Cl3N3+. The number of rotatable bonds is 6. The molecule has 0 saturated heterocycles. The highest BCUT2D eigenvalue weighted by molar-refractivity contribution is 6.36. The zero-order chi connectivity index (χ0) is 16.3.